The average Bonchev–Trinajstić information content (AvgIpc) is 2.80. The van der Waals surface area contributed by atoms with Crippen LogP contribution < -0.4 is 14.8 Å². The summed E-state index contributed by atoms with van der Waals surface area (Å²) < 4.78 is 12.1. The van der Waals surface area contributed by atoms with Gasteiger partial charge in [0.2, 0.25) is 0 Å². The maximum absolute atomic E-state index is 13.7. The van der Waals surface area contributed by atoms with E-state index in [0.29, 0.717) is 52.1 Å². The van der Waals surface area contributed by atoms with Crippen molar-refractivity contribution in [3.63, 3.8) is 0 Å². The molecule has 2 aromatic rings. The van der Waals surface area contributed by atoms with Gasteiger partial charge in [-0.3, -0.25) is 9.59 Å². The van der Waals surface area contributed by atoms with Crippen LogP contribution in [0.15, 0.2) is 58.9 Å². The number of carbonyl (C=O) groups is 2. The number of carbonyl (C=O) groups excluding carboxylic acids is 2. The molecule has 0 amide bonds. The van der Waals surface area contributed by atoms with E-state index in [1.54, 1.807) is 0 Å². The summed E-state index contributed by atoms with van der Waals surface area (Å²) >= 11 is 13.0. The minimum Gasteiger partial charge on any atom is -0.490 e. The van der Waals surface area contributed by atoms with Crippen LogP contribution in [0.1, 0.15) is 77.3 Å². The lowest BCUT2D eigenvalue weighted by Gasteiger charge is -2.44. The van der Waals surface area contributed by atoms with Crippen LogP contribution >= 0.6 is 23.2 Å². The minimum atomic E-state index is -0.498. The van der Waals surface area contributed by atoms with E-state index in [1.165, 1.54) is 0 Å². The highest BCUT2D eigenvalue weighted by Gasteiger charge is 2.46. The number of dihydropyridines is 1. The van der Waals surface area contributed by atoms with Crippen molar-refractivity contribution in [2.45, 2.75) is 72.8 Å². The van der Waals surface area contributed by atoms with Crippen molar-refractivity contribution in [1.29, 1.82) is 0 Å². The predicted molar refractivity (Wildman–Crippen MR) is 154 cm³/mol. The third-order valence-corrected chi connectivity index (χ3v) is 8.17. The van der Waals surface area contributed by atoms with E-state index in [0.717, 1.165) is 35.4 Å². The van der Waals surface area contributed by atoms with E-state index in [1.807, 2.05) is 43.3 Å². The van der Waals surface area contributed by atoms with Crippen molar-refractivity contribution < 1.29 is 19.1 Å². The van der Waals surface area contributed by atoms with Crippen LogP contribution in [-0.2, 0) is 16.2 Å². The fourth-order valence-corrected chi connectivity index (χ4v) is 6.65. The fourth-order valence-electron chi connectivity index (χ4n) is 6.16. The molecule has 0 unspecified atom stereocenters. The number of Topliss-reactive ketones (excluding diaryl/α,β-unsaturated/α-hetero) is 2. The summed E-state index contributed by atoms with van der Waals surface area (Å²) in [6.07, 6.45) is 2.34. The molecule has 39 heavy (non-hydrogen) atoms. The van der Waals surface area contributed by atoms with E-state index in [4.69, 9.17) is 32.7 Å². The van der Waals surface area contributed by atoms with Gasteiger partial charge in [-0.25, -0.2) is 0 Å². The second-order valence-corrected chi connectivity index (χ2v) is 13.2. The third kappa shape index (κ3) is 5.62. The highest BCUT2D eigenvalue weighted by Crippen LogP contribution is 2.52. The zero-order chi connectivity index (χ0) is 28.1. The third-order valence-electron chi connectivity index (χ3n) is 7.66. The lowest BCUT2D eigenvalue weighted by atomic mass is 9.64. The molecule has 0 radical (unpaired) electrons. The Morgan fingerprint density at radius 3 is 2.05 bits per heavy atom. The largest absolute Gasteiger partial charge is 0.490 e. The zero-order valence-corrected chi connectivity index (χ0v) is 24.7. The molecule has 2 aliphatic carbocycles. The Morgan fingerprint density at radius 2 is 1.49 bits per heavy atom. The van der Waals surface area contributed by atoms with Gasteiger partial charge in [0.05, 0.1) is 11.6 Å². The maximum Gasteiger partial charge on any atom is 0.180 e. The average molecular weight is 569 g/mol. The lowest BCUT2D eigenvalue weighted by Crippen LogP contribution is -2.42. The van der Waals surface area contributed by atoms with Crippen LogP contribution in [0.2, 0.25) is 10.0 Å². The zero-order valence-electron chi connectivity index (χ0n) is 23.2. The normalized spacial score (nSPS) is 20.4. The summed E-state index contributed by atoms with van der Waals surface area (Å²) in [5.41, 5.74) is 4.53. The number of ketones is 2. The minimum absolute atomic E-state index is 0.0679. The van der Waals surface area contributed by atoms with E-state index in [9.17, 15) is 9.59 Å². The smallest absolute Gasteiger partial charge is 0.180 e. The van der Waals surface area contributed by atoms with Crippen molar-refractivity contribution in [2.24, 2.45) is 10.8 Å². The Labute approximate surface area is 240 Å². The first-order valence-corrected chi connectivity index (χ1v) is 14.3. The fraction of sp³-hybridized carbons (Fsp3) is 0.438. The molecule has 1 heterocycles. The molecular weight excluding hydrogens is 533 g/mol. The summed E-state index contributed by atoms with van der Waals surface area (Å²) in [6.45, 7) is 11.0. The molecule has 5 rings (SSSR count). The second kappa shape index (κ2) is 10.3. The van der Waals surface area contributed by atoms with Crippen LogP contribution in [-0.4, -0.2) is 18.2 Å². The van der Waals surface area contributed by atoms with Crippen molar-refractivity contribution in [3.05, 3.63) is 80.1 Å². The van der Waals surface area contributed by atoms with Gasteiger partial charge in [-0.2, -0.15) is 0 Å². The van der Waals surface area contributed by atoms with Gasteiger partial charge in [-0.1, -0.05) is 63.0 Å². The Bertz CT molecular complexity index is 1370. The molecule has 3 aliphatic rings. The molecule has 0 fully saturated rings. The summed E-state index contributed by atoms with van der Waals surface area (Å²) in [4.78, 5) is 27.3. The molecule has 0 spiro atoms. The number of hydrogen-bond donors (Lipinski definition) is 1. The molecule has 2 aromatic carbocycles. The maximum atomic E-state index is 13.7. The molecule has 0 atom stereocenters. The van der Waals surface area contributed by atoms with Crippen molar-refractivity contribution in [2.75, 3.05) is 6.61 Å². The number of halogens is 2. The van der Waals surface area contributed by atoms with Crippen molar-refractivity contribution in [1.82, 2.24) is 5.32 Å². The van der Waals surface area contributed by atoms with Gasteiger partial charge in [0.1, 0.15) is 6.61 Å². The van der Waals surface area contributed by atoms with Gasteiger partial charge in [0.15, 0.2) is 23.1 Å². The summed E-state index contributed by atoms with van der Waals surface area (Å²) in [7, 11) is 0. The number of ether oxygens (including phenoxy) is 2. The van der Waals surface area contributed by atoms with Crippen LogP contribution in [0.5, 0.6) is 11.5 Å². The molecular formula is C32H35Cl2NO4. The lowest BCUT2D eigenvalue weighted by molar-refractivity contribution is -0.119. The van der Waals surface area contributed by atoms with Crippen molar-refractivity contribution in [3.8, 4) is 11.5 Å². The molecule has 1 N–H and O–H groups in total. The van der Waals surface area contributed by atoms with Gasteiger partial charge in [0, 0.05) is 46.3 Å². The molecule has 0 saturated carbocycles. The van der Waals surface area contributed by atoms with E-state index < -0.39 is 5.92 Å². The monoisotopic (exact) mass is 567 g/mol. The number of hydrogen-bond acceptors (Lipinski definition) is 5. The van der Waals surface area contributed by atoms with Crippen LogP contribution in [0.4, 0.5) is 0 Å². The Morgan fingerprint density at radius 1 is 0.872 bits per heavy atom. The molecule has 0 aromatic heterocycles. The van der Waals surface area contributed by atoms with E-state index in [2.05, 4.69) is 33.0 Å². The second-order valence-electron chi connectivity index (χ2n) is 12.4. The highest BCUT2D eigenvalue weighted by molar-refractivity contribution is 6.32. The molecule has 1 aliphatic heterocycles. The first-order valence-electron chi connectivity index (χ1n) is 13.5. The molecule has 5 nitrogen and oxygen atoms in total. The van der Waals surface area contributed by atoms with Crippen LogP contribution in [0.25, 0.3) is 0 Å². The number of allylic oxidation sites excluding steroid dienone is 4. The topological polar surface area (TPSA) is 64.6 Å². The number of benzene rings is 2. The van der Waals surface area contributed by atoms with E-state index in [-0.39, 0.29) is 29.0 Å². The van der Waals surface area contributed by atoms with Gasteiger partial charge < -0.3 is 14.8 Å². The van der Waals surface area contributed by atoms with Crippen LogP contribution in [0, 0.1) is 10.8 Å². The summed E-state index contributed by atoms with van der Waals surface area (Å²) in [6, 6.07) is 11.2. The number of rotatable bonds is 6. The van der Waals surface area contributed by atoms with Crippen LogP contribution in [0.3, 0.4) is 0 Å². The van der Waals surface area contributed by atoms with Crippen molar-refractivity contribution >= 4 is 34.8 Å². The summed E-state index contributed by atoms with van der Waals surface area (Å²) in [5, 5.41) is 4.55. The molecule has 206 valence electrons. The number of nitrogens with one attached hydrogen (secondary N) is 1. The quantitative estimate of drug-likeness (QED) is 0.383. The standard InChI is InChI=1S/C32H35Cl2NO4/c1-6-38-26-12-19(11-21(34)30(26)39-17-18-8-7-9-20(33)10-18)27-28-22(13-31(2,3)15-24(28)36)35-23-14-32(4,5)16-25(37)29(23)27/h7-12,27,35H,6,13-17H2,1-5H3. The molecule has 0 saturated heterocycles. The Hall–Kier alpha value is -2.76. The Kier molecular flexibility index (Phi) is 7.36. The first-order chi connectivity index (χ1) is 18.4. The molecule has 0 bridgehead atoms. The highest BCUT2D eigenvalue weighted by atomic mass is 35.5. The summed E-state index contributed by atoms with van der Waals surface area (Å²) in [5.74, 6) is 0.544. The van der Waals surface area contributed by atoms with Gasteiger partial charge in [-0.05, 0) is 66.0 Å². The van der Waals surface area contributed by atoms with Gasteiger partial charge >= 0.3 is 0 Å². The van der Waals surface area contributed by atoms with Gasteiger partial charge in [-0.15, -0.1) is 0 Å². The SMILES string of the molecule is CCOc1cc(C2C3=C(CC(C)(C)CC3=O)NC3=C2C(=O)CC(C)(C)C3)cc(Cl)c1OCc1cccc(Cl)c1. The predicted octanol–water partition coefficient (Wildman–Crippen LogP) is 7.94. The van der Waals surface area contributed by atoms with Gasteiger partial charge in [0.25, 0.3) is 0 Å². The molecule has 7 heteroatoms. The Balaban J connectivity index is 1.61. The first kappa shape index (κ1) is 27.8. The van der Waals surface area contributed by atoms with E-state index >= 15 is 0 Å².